The molecule has 3 aromatic rings. The van der Waals surface area contributed by atoms with Gasteiger partial charge >= 0.3 is 0 Å². The summed E-state index contributed by atoms with van der Waals surface area (Å²) in [6.45, 7) is 5.25. The molecule has 8 nitrogen and oxygen atoms in total. The van der Waals surface area contributed by atoms with Crippen LogP contribution in [0.2, 0.25) is 0 Å². The SMILES string of the molecule is COc1ccc(-c2cnn(C)c2)c2c1CC(NC(=O)c1ccc(CN3CCN(C)CC3)cc1)=N2. The summed E-state index contributed by atoms with van der Waals surface area (Å²) in [6, 6.07) is 11.8. The summed E-state index contributed by atoms with van der Waals surface area (Å²) in [5.74, 6) is 1.24. The van der Waals surface area contributed by atoms with E-state index in [1.54, 1.807) is 11.8 Å². The van der Waals surface area contributed by atoms with Gasteiger partial charge in [-0.1, -0.05) is 12.1 Å². The van der Waals surface area contributed by atoms with Crippen molar-refractivity contribution in [1.82, 2.24) is 24.9 Å². The highest BCUT2D eigenvalue weighted by atomic mass is 16.5. The Balaban J connectivity index is 1.29. The van der Waals surface area contributed by atoms with Crippen LogP contribution >= 0.6 is 0 Å². The van der Waals surface area contributed by atoms with E-state index in [1.807, 2.05) is 55.8 Å². The van der Waals surface area contributed by atoms with Crippen LogP contribution in [0.25, 0.3) is 11.1 Å². The first-order valence-corrected chi connectivity index (χ1v) is 11.6. The minimum atomic E-state index is -0.153. The zero-order valence-corrected chi connectivity index (χ0v) is 19.9. The van der Waals surface area contributed by atoms with Crippen molar-refractivity contribution >= 4 is 17.4 Å². The number of carbonyl (C=O) groups excluding carboxylic acids is 1. The van der Waals surface area contributed by atoms with E-state index in [0.29, 0.717) is 17.8 Å². The lowest BCUT2D eigenvalue weighted by Crippen LogP contribution is -2.43. The van der Waals surface area contributed by atoms with E-state index in [1.165, 1.54) is 5.56 Å². The van der Waals surface area contributed by atoms with Gasteiger partial charge in [0.2, 0.25) is 0 Å². The van der Waals surface area contributed by atoms with Crippen molar-refractivity contribution in [2.75, 3.05) is 40.3 Å². The molecule has 0 unspecified atom stereocenters. The van der Waals surface area contributed by atoms with Crippen LogP contribution in [0.1, 0.15) is 21.5 Å². The Morgan fingerprint density at radius 3 is 2.50 bits per heavy atom. The molecule has 0 spiro atoms. The quantitative estimate of drug-likeness (QED) is 0.637. The molecule has 2 aromatic carbocycles. The van der Waals surface area contributed by atoms with Gasteiger partial charge in [0, 0.05) is 74.6 Å². The summed E-state index contributed by atoms with van der Waals surface area (Å²) >= 11 is 0. The van der Waals surface area contributed by atoms with Gasteiger partial charge in [0.05, 0.1) is 19.0 Å². The number of benzene rings is 2. The number of amides is 1. The molecule has 1 N–H and O–H groups in total. The number of carbonyl (C=O) groups is 1. The fraction of sp³-hybridized carbons (Fsp3) is 0.346. The van der Waals surface area contributed by atoms with Crippen molar-refractivity contribution in [2.45, 2.75) is 13.0 Å². The first-order chi connectivity index (χ1) is 16.5. The van der Waals surface area contributed by atoms with Gasteiger partial charge in [-0.3, -0.25) is 14.4 Å². The molecule has 0 atom stereocenters. The Labute approximate surface area is 199 Å². The number of aryl methyl sites for hydroxylation is 1. The van der Waals surface area contributed by atoms with E-state index in [2.05, 4.69) is 27.3 Å². The first-order valence-electron chi connectivity index (χ1n) is 11.6. The fourth-order valence-corrected chi connectivity index (χ4v) is 4.54. The fourth-order valence-electron chi connectivity index (χ4n) is 4.54. The Kier molecular flexibility index (Phi) is 6.17. The first kappa shape index (κ1) is 22.3. The van der Waals surface area contributed by atoms with Gasteiger partial charge in [-0.05, 0) is 36.9 Å². The van der Waals surface area contributed by atoms with Gasteiger partial charge in [-0.25, -0.2) is 4.99 Å². The molecule has 1 saturated heterocycles. The van der Waals surface area contributed by atoms with Crippen LogP contribution in [0.5, 0.6) is 5.75 Å². The molecular weight excluding hydrogens is 428 g/mol. The van der Waals surface area contributed by atoms with Crippen molar-refractivity contribution in [1.29, 1.82) is 0 Å². The Hall–Kier alpha value is -3.49. The Morgan fingerprint density at radius 2 is 1.82 bits per heavy atom. The standard InChI is InChI=1S/C26H30N6O2/c1-30-10-12-32(13-11-30)16-18-4-6-19(7-5-18)26(33)29-24-14-22-23(34-3)9-8-21(25(22)28-24)20-15-27-31(2)17-20/h4-9,15,17H,10-14,16H2,1-3H3,(H,28,29,33). The average molecular weight is 459 g/mol. The lowest BCUT2D eigenvalue weighted by molar-refractivity contribution is 0.0976. The molecule has 2 aliphatic heterocycles. The highest BCUT2D eigenvalue weighted by molar-refractivity contribution is 6.10. The molecule has 1 aromatic heterocycles. The molecule has 176 valence electrons. The van der Waals surface area contributed by atoms with Crippen molar-refractivity contribution in [3.05, 3.63) is 65.5 Å². The van der Waals surface area contributed by atoms with Crippen LogP contribution in [-0.2, 0) is 20.0 Å². The third kappa shape index (κ3) is 4.60. The number of hydrogen-bond donors (Lipinski definition) is 1. The maximum absolute atomic E-state index is 12.9. The maximum Gasteiger partial charge on any atom is 0.256 e. The second-order valence-corrected chi connectivity index (χ2v) is 9.01. The van der Waals surface area contributed by atoms with Gasteiger partial charge in [0.25, 0.3) is 5.91 Å². The van der Waals surface area contributed by atoms with Crippen LogP contribution < -0.4 is 10.1 Å². The van der Waals surface area contributed by atoms with Gasteiger partial charge < -0.3 is 15.0 Å². The van der Waals surface area contributed by atoms with E-state index >= 15 is 0 Å². The number of nitrogens with one attached hydrogen (secondary N) is 1. The monoisotopic (exact) mass is 458 g/mol. The maximum atomic E-state index is 12.9. The van der Waals surface area contributed by atoms with Crippen LogP contribution in [0.4, 0.5) is 5.69 Å². The van der Waals surface area contributed by atoms with Crippen LogP contribution in [0, 0.1) is 0 Å². The minimum absolute atomic E-state index is 0.153. The van der Waals surface area contributed by atoms with Crippen LogP contribution in [0.3, 0.4) is 0 Å². The normalized spacial score (nSPS) is 16.3. The number of aromatic nitrogens is 2. The van der Waals surface area contributed by atoms with Gasteiger partial charge in [-0.2, -0.15) is 5.10 Å². The summed E-state index contributed by atoms with van der Waals surface area (Å²) in [5.41, 5.74) is 5.60. The molecule has 0 bridgehead atoms. The molecule has 2 aliphatic rings. The molecule has 0 radical (unpaired) electrons. The summed E-state index contributed by atoms with van der Waals surface area (Å²) in [6.07, 6.45) is 4.29. The Bertz CT molecular complexity index is 1220. The minimum Gasteiger partial charge on any atom is -0.496 e. The number of ether oxygens (including phenoxy) is 1. The predicted octanol–water partition coefficient (Wildman–Crippen LogP) is 2.86. The van der Waals surface area contributed by atoms with E-state index in [0.717, 1.165) is 60.9 Å². The van der Waals surface area contributed by atoms with E-state index in [9.17, 15) is 4.79 Å². The molecular formula is C26H30N6O2. The number of rotatable bonds is 5. The lowest BCUT2D eigenvalue weighted by Gasteiger charge is -2.32. The number of hydrogen-bond acceptors (Lipinski definition) is 6. The molecule has 34 heavy (non-hydrogen) atoms. The smallest absolute Gasteiger partial charge is 0.256 e. The van der Waals surface area contributed by atoms with Gasteiger partial charge in [0.1, 0.15) is 11.6 Å². The van der Waals surface area contributed by atoms with Crippen molar-refractivity contribution in [3.8, 4) is 16.9 Å². The summed E-state index contributed by atoms with van der Waals surface area (Å²) in [7, 11) is 5.70. The van der Waals surface area contributed by atoms with Crippen molar-refractivity contribution in [2.24, 2.45) is 12.0 Å². The zero-order chi connectivity index (χ0) is 23.7. The molecule has 0 aliphatic carbocycles. The molecule has 0 saturated carbocycles. The summed E-state index contributed by atoms with van der Waals surface area (Å²) in [4.78, 5) is 22.5. The summed E-state index contributed by atoms with van der Waals surface area (Å²) < 4.78 is 7.32. The second-order valence-electron chi connectivity index (χ2n) is 9.01. The zero-order valence-electron chi connectivity index (χ0n) is 19.9. The average Bonchev–Trinajstić information content (AvgIpc) is 3.46. The van der Waals surface area contributed by atoms with Crippen LogP contribution in [0.15, 0.2) is 53.8 Å². The van der Waals surface area contributed by atoms with E-state index in [4.69, 9.17) is 9.73 Å². The number of nitrogens with zero attached hydrogens (tertiary/aromatic N) is 5. The highest BCUT2D eigenvalue weighted by Crippen LogP contribution is 2.41. The molecule has 8 heteroatoms. The van der Waals surface area contributed by atoms with E-state index in [-0.39, 0.29) is 5.91 Å². The molecule has 1 fully saturated rings. The van der Waals surface area contributed by atoms with Crippen molar-refractivity contribution < 1.29 is 9.53 Å². The number of likely N-dealkylation sites (N-methyl/N-ethyl adjacent to an activating group) is 1. The third-order valence-corrected chi connectivity index (χ3v) is 6.54. The molecule has 3 heterocycles. The van der Waals surface area contributed by atoms with Crippen molar-refractivity contribution in [3.63, 3.8) is 0 Å². The highest BCUT2D eigenvalue weighted by Gasteiger charge is 2.24. The topological polar surface area (TPSA) is 75.0 Å². The number of amidine groups is 1. The number of aliphatic imine (C=N–C) groups is 1. The predicted molar refractivity (Wildman–Crippen MR) is 133 cm³/mol. The van der Waals surface area contributed by atoms with Crippen LogP contribution in [-0.4, -0.2) is 71.7 Å². The number of fused-ring (bicyclic) bond motifs is 1. The Morgan fingerprint density at radius 1 is 1.06 bits per heavy atom. The molecule has 5 rings (SSSR count). The summed E-state index contributed by atoms with van der Waals surface area (Å²) in [5, 5.41) is 7.28. The van der Waals surface area contributed by atoms with Gasteiger partial charge in [0.15, 0.2) is 0 Å². The third-order valence-electron chi connectivity index (χ3n) is 6.54. The van der Waals surface area contributed by atoms with E-state index < -0.39 is 0 Å². The number of piperazine rings is 1. The largest absolute Gasteiger partial charge is 0.496 e. The molecule has 1 amide bonds. The second kappa shape index (κ2) is 9.40. The lowest BCUT2D eigenvalue weighted by atomic mass is 10.0. The van der Waals surface area contributed by atoms with Gasteiger partial charge in [-0.15, -0.1) is 0 Å². The number of methoxy groups -OCH3 is 1.